The van der Waals surface area contributed by atoms with Crippen molar-refractivity contribution in [1.29, 1.82) is 0 Å². The van der Waals surface area contributed by atoms with Gasteiger partial charge in [0.1, 0.15) is 0 Å². The van der Waals surface area contributed by atoms with Gasteiger partial charge in [0.2, 0.25) is 0 Å². The van der Waals surface area contributed by atoms with Crippen LogP contribution in [0, 0.1) is 6.92 Å². The van der Waals surface area contributed by atoms with E-state index < -0.39 is 0 Å². The van der Waals surface area contributed by atoms with Crippen LogP contribution in [0.25, 0.3) is 0 Å². The fraction of sp³-hybridized carbons (Fsp3) is 0.364. The van der Waals surface area contributed by atoms with Crippen molar-refractivity contribution in [3.05, 3.63) is 29.8 Å². The van der Waals surface area contributed by atoms with Gasteiger partial charge in [0.05, 0.1) is 0 Å². The quantitative estimate of drug-likeness (QED) is 0.571. The number of benzene rings is 1. The smallest absolute Gasteiger partial charge is 0.195 e. The zero-order valence-electron chi connectivity index (χ0n) is 8.99. The Labute approximate surface area is 85.3 Å². The molecule has 14 heavy (non-hydrogen) atoms. The van der Waals surface area contributed by atoms with Gasteiger partial charge in [0.25, 0.3) is 0 Å². The van der Waals surface area contributed by atoms with E-state index in [4.69, 9.17) is 5.73 Å². The minimum absolute atomic E-state index is 0.554. The third-order valence-corrected chi connectivity index (χ3v) is 2.14. The van der Waals surface area contributed by atoms with Gasteiger partial charge in [-0.25, -0.2) is 0 Å². The molecular weight excluding hydrogens is 174 g/mol. The lowest BCUT2D eigenvalue weighted by molar-refractivity contribution is 1.03. The van der Waals surface area contributed by atoms with Crippen LogP contribution in [-0.4, -0.2) is 19.6 Å². The maximum atomic E-state index is 5.79. The third-order valence-electron chi connectivity index (χ3n) is 2.14. The molecule has 0 spiro atoms. The van der Waals surface area contributed by atoms with E-state index in [0.29, 0.717) is 5.96 Å². The molecule has 0 aliphatic rings. The van der Waals surface area contributed by atoms with E-state index in [1.54, 1.807) is 7.05 Å². The molecule has 1 aromatic carbocycles. The number of guanidine groups is 1. The van der Waals surface area contributed by atoms with Crippen LogP contribution < -0.4 is 10.6 Å². The van der Waals surface area contributed by atoms with Crippen molar-refractivity contribution in [3.8, 4) is 0 Å². The third kappa shape index (κ3) is 2.25. The number of nitrogens with two attached hydrogens (primary N) is 1. The van der Waals surface area contributed by atoms with Crippen molar-refractivity contribution >= 4 is 11.6 Å². The van der Waals surface area contributed by atoms with Crippen molar-refractivity contribution in [2.45, 2.75) is 13.8 Å². The summed E-state index contributed by atoms with van der Waals surface area (Å²) in [5.41, 5.74) is 8.11. The zero-order valence-corrected chi connectivity index (χ0v) is 8.99. The van der Waals surface area contributed by atoms with Crippen molar-refractivity contribution in [2.24, 2.45) is 10.7 Å². The first-order chi connectivity index (χ1) is 6.69. The van der Waals surface area contributed by atoms with Crippen LogP contribution in [0.4, 0.5) is 5.69 Å². The lowest BCUT2D eigenvalue weighted by Gasteiger charge is -2.21. The molecule has 2 N–H and O–H groups in total. The minimum atomic E-state index is 0.554. The van der Waals surface area contributed by atoms with Crippen LogP contribution in [0.3, 0.4) is 0 Å². The number of rotatable bonds is 2. The van der Waals surface area contributed by atoms with Gasteiger partial charge in [-0.2, -0.15) is 0 Å². The largest absolute Gasteiger partial charge is 0.370 e. The number of nitrogens with zero attached hydrogens (tertiary/aromatic N) is 2. The summed E-state index contributed by atoms with van der Waals surface area (Å²) in [7, 11) is 1.70. The van der Waals surface area contributed by atoms with Crippen molar-refractivity contribution in [2.75, 3.05) is 18.5 Å². The number of aryl methyl sites for hydroxylation is 1. The molecule has 0 bridgehead atoms. The molecule has 0 saturated carbocycles. The maximum Gasteiger partial charge on any atom is 0.195 e. The Morgan fingerprint density at radius 2 is 2.21 bits per heavy atom. The Balaban J connectivity index is 3.01. The number of aliphatic imine (C=N–C) groups is 1. The lowest BCUT2D eigenvalue weighted by Crippen LogP contribution is -2.37. The predicted molar refractivity (Wildman–Crippen MR) is 61.7 cm³/mol. The summed E-state index contributed by atoms with van der Waals surface area (Å²) in [5.74, 6) is 0.554. The summed E-state index contributed by atoms with van der Waals surface area (Å²) < 4.78 is 0. The highest BCUT2D eigenvalue weighted by atomic mass is 15.2. The molecule has 0 heterocycles. The standard InChI is InChI=1S/C11H17N3/c1-4-14(11(12)13-3)10-7-5-6-9(2)8-10/h5-8H,4H2,1-3H3,(H2,12,13). The van der Waals surface area contributed by atoms with Gasteiger partial charge in [0.15, 0.2) is 5.96 Å². The van der Waals surface area contributed by atoms with Gasteiger partial charge in [0, 0.05) is 19.3 Å². The fourth-order valence-corrected chi connectivity index (χ4v) is 1.39. The summed E-state index contributed by atoms with van der Waals surface area (Å²) in [4.78, 5) is 5.97. The molecule has 1 rings (SSSR count). The highest BCUT2D eigenvalue weighted by Crippen LogP contribution is 2.14. The fourth-order valence-electron chi connectivity index (χ4n) is 1.39. The molecule has 0 atom stereocenters. The van der Waals surface area contributed by atoms with Crippen LogP contribution in [0.15, 0.2) is 29.3 Å². The molecular formula is C11H17N3. The summed E-state index contributed by atoms with van der Waals surface area (Å²) in [6.07, 6.45) is 0. The maximum absolute atomic E-state index is 5.79. The Bertz CT molecular complexity index is 331. The summed E-state index contributed by atoms with van der Waals surface area (Å²) in [5, 5.41) is 0. The molecule has 0 amide bonds. The van der Waals surface area contributed by atoms with Crippen LogP contribution in [0.5, 0.6) is 0 Å². The van der Waals surface area contributed by atoms with Gasteiger partial charge in [-0.15, -0.1) is 0 Å². The topological polar surface area (TPSA) is 41.6 Å². The van der Waals surface area contributed by atoms with E-state index in [9.17, 15) is 0 Å². The summed E-state index contributed by atoms with van der Waals surface area (Å²) >= 11 is 0. The molecule has 0 aliphatic carbocycles. The first-order valence-electron chi connectivity index (χ1n) is 4.75. The van der Waals surface area contributed by atoms with E-state index >= 15 is 0 Å². The predicted octanol–water partition coefficient (Wildman–Crippen LogP) is 1.77. The minimum Gasteiger partial charge on any atom is -0.370 e. The SMILES string of the molecule is CCN(C(N)=NC)c1cccc(C)c1. The summed E-state index contributed by atoms with van der Waals surface area (Å²) in [6, 6.07) is 8.23. The molecule has 76 valence electrons. The van der Waals surface area contributed by atoms with Crippen LogP contribution in [0.2, 0.25) is 0 Å². The Morgan fingerprint density at radius 3 is 2.71 bits per heavy atom. The average molecular weight is 191 g/mol. The van der Waals surface area contributed by atoms with E-state index in [1.165, 1.54) is 5.56 Å². The zero-order chi connectivity index (χ0) is 10.6. The van der Waals surface area contributed by atoms with E-state index in [-0.39, 0.29) is 0 Å². The average Bonchev–Trinajstić information content (AvgIpc) is 2.19. The monoisotopic (exact) mass is 191 g/mol. The molecule has 1 aromatic rings. The molecule has 3 nitrogen and oxygen atoms in total. The van der Waals surface area contributed by atoms with Gasteiger partial charge in [-0.3, -0.25) is 4.99 Å². The molecule has 0 saturated heterocycles. The van der Waals surface area contributed by atoms with Crippen LogP contribution in [0.1, 0.15) is 12.5 Å². The van der Waals surface area contributed by atoms with Gasteiger partial charge >= 0.3 is 0 Å². The van der Waals surface area contributed by atoms with E-state index in [2.05, 4.69) is 31.0 Å². The van der Waals surface area contributed by atoms with Crippen LogP contribution in [-0.2, 0) is 0 Å². The van der Waals surface area contributed by atoms with E-state index in [1.807, 2.05) is 17.0 Å². The van der Waals surface area contributed by atoms with Crippen molar-refractivity contribution < 1.29 is 0 Å². The normalized spacial score (nSPS) is 11.5. The van der Waals surface area contributed by atoms with Crippen molar-refractivity contribution in [3.63, 3.8) is 0 Å². The molecule has 0 aromatic heterocycles. The first-order valence-corrected chi connectivity index (χ1v) is 4.75. The molecule has 0 unspecified atom stereocenters. The Morgan fingerprint density at radius 1 is 1.50 bits per heavy atom. The van der Waals surface area contributed by atoms with Gasteiger partial charge in [-0.05, 0) is 31.5 Å². The first kappa shape index (κ1) is 10.6. The highest BCUT2D eigenvalue weighted by Gasteiger charge is 2.06. The number of hydrogen-bond acceptors (Lipinski definition) is 1. The second-order valence-electron chi connectivity index (χ2n) is 3.17. The second kappa shape index (κ2) is 4.65. The van der Waals surface area contributed by atoms with Gasteiger partial charge in [-0.1, -0.05) is 12.1 Å². The Kier molecular flexibility index (Phi) is 3.51. The molecule has 0 aliphatic heterocycles. The molecule has 3 heteroatoms. The second-order valence-corrected chi connectivity index (χ2v) is 3.17. The van der Waals surface area contributed by atoms with Crippen LogP contribution >= 0.6 is 0 Å². The molecule has 0 radical (unpaired) electrons. The van der Waals surface area contributed by atoms with E-state index in [0.717, 1.165) is 12.2 Å². The Hall–Kier alpha value is -1.51. The van der Waals surface area contributed by atoms with Gasteiger partial charge < -0.3 is 10.6 Å². The number of hydrogen-bond donors (Lipinski definition) is 1. The lowest BCUT2D eigenvalue weighted by atomic mass is 10.2. The molecule has 0 fully saturated rings. The van der Waals surface area contributed by atoms with Crippen molar-refractivity contribution in [1.82, 2.24) is 0 Å². The summed E-state index contributed by atoms with van der Waals surface area (Å²) in [6.45, 7) is 4.95. The highest BCUT2D eigenvalue weighted by molar-refractivity contribution is 5.94. The number of anilines is 1.